The van der Waals surface area contributed by atoms with Gasteiger partial charge in [0.1, 0.15) is 12.4 Å². The smallest absolute Gasteiger partial charge is 0.149 e. The molecule has 0 fully saturated rings. The number of ether oxygens (including phenoxy) is 1. The molecule has 1 rings (SSSR count). The second-order valence-corrected chi connectivity index (χ2v) is 2.93. The fraction of sp³-hybridized carbons (Fsp3) is 0.333. The van der Waals surface area contributed by atoms with Crippen molar-refractivity contribution in [2.45, 2.75) is 20.0 Å². The van der Waals surface area contributed by atoms with Crippen LogP contribution in [0, 0.1) is 11.8 Å². The highest BCUT2D eigenvalue weighted by Crippen LogP contribution is 2.24. The number of hydrogen-bond acceptors (Lipinski definition) is 2. The second-order valence-electron chi connectivity index (χ2n) is 2.93. The number of para-hydroxylation sites is 1. The number of aliphatic hydroxyl groups is 1. The molecule has 1 N–H and O–H groups in total. The molecule has 74 valence electrons. The summed E-state index contributed by atoms with van der Waals surface area (Å²) in [6.45, 7) is 3.85. The Morgan fingerprint density at radius 3 is 2.79 bits per heavy atom. The van der Waals surface area contributed by atoms with Crippen molar-refractivity contribution in [2.24, 2.45) is 0 Å². The molecule has 0 radical (unpaired) electrons. The second kappa shape index (κ2) is 5.31. The lowest BCUT2D eigenvalue weighted by atomic mass is 10.1. The Hall–Kier alpha value is -1.46. The highest BCUT2D eigenvalue weighted by molar-refractivity contribution is 5.34. The molecule has 0 spiro atoms. The van der Waals surface area contributed by atoms with Gasteiger partial charge in [0.05, 0.1) is 6.10 Å². The minimum absolute atomic E-state index is 0.361. The van der Waals surface area contributed by atoms with Crippen LogP contribution in [0.1, 0.15) is 25.5 Å². The number of rotatable bonds is 3. The summed E-state index contributed by atoms with van der Waals surface area (Å²) < 4.78 is 5.41. The first-order valence-electron chi connectivity index (χ1n) is 4.55. The van der Waals surface area contributed by atoms with E-state index in [4.69, 9.17) is 4.74 Å². The van der Waals surface area contributed by atoms with Gasteiger partial charge in [0.15, 0.2) is 0 Å². The van der Waals surface area contributed by atoms with Gasteiger partial charge in [0, 0.05) is 5.56 Å². The van der Waals surface area contributed by atoms with Gasteiger partial charge in [-0.3, -0.25) is 0 Å². The van der Waals surface area contributed by atoms with Crippen molar-refractivity contribution < 1.29 is 9.84 Å². The van der Waals surface area contributed by atoms with Crippen molar-refractivity contribution in [1.82, 2.24) is 0 Å². The van der Waals surface area contributed by atoms with E-state index in [2.05, 4.69) is 11.8 Å². The van der Waals surface area contributed by atoms with Gasteiger partial charge in [-0.15, -0.1) is 5.92 Å². The lowest BCUT2D eigenvalue weighted by Crippen LogP contribution is -2.00. The summed E-state index contributed by atoms with van der Waals surface area (Å²) in [6.07, 6.45) is -0.513. The van der Waals surface area contributed by atoms with Crippen molar-refractivity contribution in [3.8, 4) is 17.6 Å². The number of aliphatic hydroxyl groups excluding tert-OH is 1. The minimum atomic E-state index is -0.513. The predicted octanol–water partition coefficient (Wildman–Crippen LogP) is 2.14. The lowest BCUT2D eigenvalue weighted by molar-refractivity contribution is 0.193. The third-order valence-electron chi connectivity index (χ3n) is 1.85. The third-order valence-corrected chi connectivity index (χ3v) is 1.85. The molecule has 0 unspecified atom stereocenters. The minimum Gasteiger partial charge on any atom is -0.481 e. The zero-order valence-electron chi connectivity index (χ0n) is 8.45. The summed E-state index contributed by atoms with van der Waals surface area (Å²) in [5.74, 6) is 6.26. The van der Waals surface area contributed by atoms with Crippen LogP contribution >= 0.6 is 0 Å². The molecule has 14 heavy (non-hydrogen) atoms. The summed E-state index contributed by atoms with van der Waals surface area (Å²) in [7, 11) is 0. The Balaban J connectivity index is 2.77. The first-order valence-corrected chi connectivity index (χ1v) is 4.55. The molecule has 0 amide bonds. The molecule has 0 aliphatic carbocycles. The van der Waals surface area contributed by atoms with Gasteiger partial charge in [-0.05, 0) is 19.9 Å². The molecule has 0 aliphatic rings. The van der Waals surface area contributed by atoms with E-state index in [9.17, 15) is 5.11 Å². The van der Waals surface area contributed by atoms with Crippen molar-refractivity contribution in [3.63, 3.8) is 0 Å². The molecular weight excluding hydrogens is 176 g/mol. The Morgan fingerprint density at radius 2 is 2.14 bits per heavy atom. The van der Waals surface area contributed by atoms with E-state index in [1.54, 1.807) is 13.8 Å². The van der Waals surface area contributed by atoms with Crippen molar-refractivity contribution in [2.75, 3.05) is 6.61 Å². The van der Waals surface area contributed by atoms with Crippen molar-refractivity contribution >= 4 is 0 Å². The Labute approximate surface area is 84.5 Å². The first kappa shape index (κ1) is 10.6. The van der Waals surface area contributed by atoms with Gasteiger partial charge in [0.25, 0.3) is 0 Å². The molecule has 1 aromatic carbocycles. The van der Waals surface area contributed by atoms with Crippen molar-refractivity contribution in [1.29, 1.82) is 0 Å². The monoisotopic (exact) mass is 190 g/mol. The van der Waals surface area contributed by atoms with Crippen molar-refractivity contribution in [3.05, 3.63) is 29.8 Å². The molecule has 1 atom stereocenters. The van der Waals surface area contributed by atoms with Gasteiger partial charge in [-0.1, -0.05) is 24.1 Å². The molecule has 0 bridgehead atoms. The van der Waals surface area contributed by atoms with E-state index >= 15 is 0 Å². The van der Waals surface area contributed by atoms with Gasteiger partial charge >= 0.3 is 0 Å². The molecule has 0 saturated carbocycles. The van der Waals surface area contributed by atoms with Crippen LogP contribution in [-0.4, -0.2) is 11.7 Å². The van der Waals surface area contributed by atoms with E-state index in [-0.39, 0.29) is 0 Å². The standard InChI is InChI=1S/C12H14O2/c1-3-4-9-14-12-8-6-5-7-11(12)10(2)13/h5-8,10,13H,9H2,1-2H3/t10-/m0/s1. The van der Waals surface area contributed by atoms with Crippen LogP contribution in [0.25, 0.3) is 0 Å². The summed E-state index contributed by atoms with van der Waals surface area (Å²) in [4.78, 5) is 0. The van der Waals surface area contributed by atoms with Gasteiger partial charge in [-0.25, -0.2) is 0 Å². The predicted molar refractivity (Wildman–Crippen MR) is 56.0 cm³/mol. The molecule has 1 aromatic rings. The third kappa shape index (κ3) is 2.79. The topological polar surface area (TPSA) is 29.5 Å². The molecule has 0 heterocycles. The van der Waals surface area contributed by atoms with Crippen LogP contribution in [-0.2, 0) is 0 Å². The maximum Gasteiger partial charge on any atom is 0.149 e. The van der Waals surface area contributed by atoms with Crippen LogP contribution in [0.2, 0.25) is 0 Å². The normalized spacial score (nSPS) is 11.4. The molecular formula is C12H14O2. The Morgan fingerprint density at radius 1 is 1.43 bits per heavy atom. The van der Waals surface area contributed by atoms with Crippen LogP contribution in [0.5, 0.6) is 5.75 Å². The highest BCUT2D eigenvalue weighted by Gasteiger charge is 2.06. The maximum absolute atomic E-state index is 9.45. The Bertz CT molecular complexity index is 345. The number of hydrogen-bond donors (Lipinski definition) is 1. The maximum atomic E-state index is 9.45. The van der Waals surface area contributed by atoms with E-state index in [0.717, 1.165) is 5.56 Å². The van der Waals surface area contributed by atoms with Crippen LogP contribution in [0.3, 0.4) is 0 Å². The summed E-state index contributed by atoms with van der Waals surface area (Å²) >= 11 is 0. The summed E-state index contributed by atoms with van der Waals surface area (Å²) in [5.41, 5.74) is 0.797. The molecule has 2 heteroatoms. The fourth-order valence-electron chi connectivity index (χ4n) is 1.14. The van der Waals surface area contributed by atoms with E-state index < -0.39 is 6.10 Å². The zero-order chi connectivity index (χ0) is 10.4. The average molecular weight is 190 g/mol. The van der Waals surface area contributed by atoms with E-state index in [1.165, 1.54) is 0 Å². The zero-order valence-corrected chi connectivity index (χ0v) is 8.45. The van der Waals surface area contributed by atoms with Crippen LogP contribution < -0.4 is 4.74 Å². The van der Waals surface area contributed by atoms with Gasteiger partial charge in [-0.2, -0.15) is 0 Å². The fourth-order valence-corrected chi connectivity index (χ4v) is 1.14. The molecule has 0 aliphatic heterocycles. The quantitative estimate of drug-likeness (QED) is 0.740. The largest absolute Gasteiger partial charge is 0.481 e. The highest BCUT2D eigenvalue weighted by atomic mass is 16.5. The number of benzene rings is 1. The SMILES string of the molecule is CC#CCOc1ccccc1[C@H](C)O. The molecule has 0 saturated heterocycles. The summed E-state index contributed by atoms with van der Waals surface area (Å²) in [6, 6.07) is 7.43. The van der Waals surface area contributed by atoms with Crippen LogP contribution in [0.15, 0.2) is 24.3 Å². The van der Waals surface area contributed by atoms with Gasteiger partial charge < -0.3 is 9.84 Å². The van der Waals surface area contributed by atoms with Crippen LogP contribution in [0.4, 0.5) is 0 Å². The molecule has 2 nitrogen and oxygen atoms in total. The molecule has 0 aromatic heterocycles. The van der Waals surface area contributed by atoms with E-state index in [1.807, 2.05) is 24.3 Å². The Kier molecular flexibility index (Phi) is 4.03. The van der Waals surface area contributed by atoms with Gasteiger partial charge in [0.2, 0.25) is 0 Å². The van der Waals surface area contributed by atoms with E-state index in [0.29, 0.717) is 12.4 Å². The average Bonchev–Trinajstić information content (AvgIpc) is 2.19. The summed E-state index contributed by atoms with van der Waals surface area (Å²) in [5, 5.41) is 9.45. The first-order chi connectivity index (χ1) is 6.75. The lowest BCUT2D eigenvalue weighted by Gasteiger charge is -2.10.